The maximum atomic E-state index is 12.9. The van der Waals surface area contributed by atoms with Crippen LogP contribution in [0.3, 0.4) is 0 Å². The van der Waals surface area contributed by atoms with Crippen molar-refractivity contribution < 1.29 is 13.2 Å². The molecule has 1 aliphatic carbocycles. The summed E-state index contributed by atoms with van der Waals surface area (Å²) < 4.78 is 26.1. The minimum atomic E-state index is -3.96. The maximum Gasteiger partial charge on any atom is 0.238 e. The molecular formula is C19H28N4O3S. The predicted molar refractivity (Wildman–Crippen MR) is 104 cm³/mol. The van der Waals surface area contributed by atoms with Crippen LogP contribution in [-0.4, -0.2) is 33.6 Å². The standard InChI is InChI=1S/C19H28N4O3S/c1-18(2,3)9-15-22-14-8-13(27(25,26)19(4,5)17(20)24)10-21-16(14)23(15)11-12-6-7-12/h8,10,12H,6-7,9,11H2,1-5H3,(H2,20,24). The van der Waals surface area contributed by atoms with E-state index in [0.717, 1.165) is 18.8 Å². The first-order chi connectivity index (χ1) is 12.3. The van der Waals surface area contributed by atoms with Crippen LogP contribution in [0.4, 0.5) is 0 Å². The number of primary amides is 1. The number of aromatic nitrogens is 3. The third-order valence-electron chi connectivity index (χ3n) is 5.04. The average Bonchev–Trinajstić information content (AvgIpc) is 3.28. The first kappa shape index (κ1) is 19.8. The van der Waals surface area contributed by atoms with Crippen LogP contribution in [0.15, 0.2) is 17.2 Å². The molecule has 1 fully saturated rings. The lowest BCUT2D eigenvalue weighted by Crippen LogP contribution is -2.45. The quantitative estimate of drug-likeness (QED) is 0.812. The van der Waals surface area contributed by atoms with E-state index in [4.69, 9.17) is 10.7 Å². The van der Waals surface area contributed by atoms with Crippen LogP contribution in [0, 0.1) is 11.3 Å². The molecule has 0 aliphatic heterocycles. The van der Waals surface area contributed by atoms with Gasteiger partial charge in [0, 0.05) is 19.2 Å². The molecule has 7 nitrogen and oxygen atoms in total. The molecule has 0 aromatic carbocycles. The average molecular weight is 393 g/mol. The van der Waals surface area contributed by atoms with E-state index in [1.807, 2.05) is 0 Å². The minimum absolute atomic E-state index is 0.0304. The Kier molecular flexibility index (Phi) is 4.61. The van der Waals surface area contributed by atoms with Gasteiger partial charge in [-0.15, -0.1) is 0 Å². The second-order valence-corrected chi connectivity index (χ2v) is 11.7. The van der Waals surface area contributed by atoms with Crippen molar-refractivity contribution in [2.45, 2.75) is 70.1 Å². The lowest BCUT2D eigenvalue weighted by Gasteiger charge is -2.20. The number of carbonyl (C=O) groups excluding carboxylic acids is 1. The van der Waals surface area contributed by atoms with Crippen LogP contribution in [0.25, 0.3) is 11.2 Å². The molecule has 1 aliphatic rings. The summed E-state index contributed by atoms with van der Waals surface area (Å²) in [5.74, 6) is 0.663. The van der Waals surface area contributed by atoms with Crippen LogP contribution >= 0.6 is 0 Å². The molecule has 0 spiro atoms. The summed E-state index contributed by atoms with van der Waals surface area (Å²) in [6.45, 7) is 9.91. The number of amides is 1. The Hall–Kier alpha value is -1.96. The smallest absolute Gasteiger partial charge is 0.238 e. The Morgan fingerprint density at radius 3 is 2.41 bits per heavy atom. The Bertz CT molecular complexity index is 996. The highest BCUT2D eigenvalue weighted by Gasteiger charge is 2.42. The van der Waals surface area contributed by atoms with Gasteiger partial charge in [0.2, 0.25) is 5.91 Å². The maximum absolute atomic E-state index is 12.9. The van der Waals surface area contributed by atoms with Crippen molar-refractivity contribution in [3.8, 4) is 0 Å². The number of nitrogens with two attached hydrogens (primary N) is 1. The highest BCUT2D eigenvalue weighted by molar-refractivity contribution is 7.93. The zero-order valence-electron chi connectivity index (χ0n) is 16.6. The summed E-state index contributed by atoms with van der Waals surface area (Å²) in [5, 5.41) is 0. The number of hydrogen-bond acceptors (Lipinski definition) is 5. The normalized spacial score (nSPS) is 16.0. The molecule has 0 saturated heterocycles. The summed E-state index contributed by atoms with van der Waals surface area (Å²) in [6.07, 6.45) is 4.49. The van der Waals surface area contributed by atoms with E-state index >= 15 is 0 Å². The number of imidazole rings is 1. The first-order valence-corrected chi connectivity index (χ1v) is 10.7. The second-order valence-electron chi connectivity index (χ2n) is 9.21. The third-order valence-corrected chi connectivity index (χ3v) is 7.43. The van der Waals surface area contributed by atoms with Gasteiger partial charge in [-0.2, -0.15) is 0 Å². The van der Waals surface area contributed by atoms with Gasteiger partial charge in [0.1, 0.15) is 16.1 Å². The molecule has 3 rings (SSSR count). The molecular weight excluding hydrogens is 364 g/mol. The Morgan fingerprint density at radius 2 is 1.89 bits per heavy atom. The van der Waals surface area contributed by atoms with Crippen LogP contribution < -0.4 is 5.73 Å². The van der Waals surface area contributed by atoms with E-state index in [1.165, 1.54) is 39.0 Å². The van der Waals surface area contributed by atoms with Gasteiger partial charge in [0.25, 0.3) is 0 Å². The number of fused-ring (bicyclic) bond motifs is 1. The van der Waals surface area contributed by atoms with Crippen LogP contribution in [0.1, 0.15) is 53.3 Å². The third kappa shape index (κ3) is 3.72. The van der Waals surface area contributed by atoms with Gasteiger partial charge in [-0.25, -0.2) is 18.4 Å². The molecule has 2 heterocycles. The van der Waals surface area contributed by atoms with E-state index in [1.54, 1.807) is 0 Å². The molecule has 2 N–H and O–H groups in total. The fourth-order valence-electron chi connectivity index (χ4n) is 2.97. The molecule has 0 atom stereocenters. The summed E-state index contributed by atoms with van der Waals surface area (Å²) in [6, 6.07) is 1.51. The lowest BCUT2D eigenvalue weighted by molar-refractivity contribution is -0.119. The van der Waals surface area contributed by atoms with Gasteiger partial charge in [0.15, 0.2) is 15.5 Å². The Balaban J connectivity index is 2.11. The monoisotopic (exact) mass is 392 g/mol. The number of pyridine rings is 1. The molecule has 0 unspecified atom stereocenters. The molecule has 1 amide bonds. The van der Waals surface area contributed by atoms with Crippen molar-refractivity contribution in [2.24, 2.45) is 17.1 Å². The van der Waals surface area contributed by atoms with E-state index in [-0.39, 0.29) is 10.3 Å². The van der Waals surface area contributed by atoms with Crippen molar-refractivity contribution in [2.75, 3.05) is 0 Å². The van der Waals surface area contributed by atoms with Crippen LogP contribution in [0.5, 0.6) is 0 Å². The number of nitrogens with zero attached hydrogens (tertiary/aromatic N) is 3. The highest BCUT2D eigenvalue weighted by Crippen LogP contribution is 2.34. The van der Waals surface area contributed by atoms with Crippen LogP contribution in [-0.2, 0) is 27.6 Å². The zero-order valence-corrected chi connectivity index (χ0v) is 17.4. The van der Waals surface area contributed by atoms with Gasteiger partial charge in [-0.1, -0.05) is 20.8 Å². The van der Waals surface area contributed by atoms with Crippen molar-refractivity contribution in [3.05, 3.63) is 18.1 Å². The zero-order chi connectivity index (χ0) is 20.2. The number of sulfone groups is 1. The van der Waals surface area contributed by atoms with Crippen molar-refractivity contribution in [1.29, 1.82) is 0 Å². The van der Waals surface area contributed by atoms with E-state index in [2.05, 4.69) is 30.3 Å². The predicted octanol–water partition coefficient (Wildman–Crippen LogP) is 2.47. The summed E-state index contributed by atoms with van der Waals surface area (Å²) in [7, 11) is -3.96. The topological polar surface area (TPSA) is 108 Å². The van der Waals surface area contributed by atoms with Gasteiger partial charge in [0.05, 0.1) is 4.90 Å². The van der Waals surface area contributed by atoms with Gasteiger partial charge in [-0.05, 0) is 44.1 Å². The van der Waals surface area contributed by atoms with Gasteiger partial charge in [-0.3, -0.25) is 4.79 Å². The van der Waals surface area contributed by atoms with Crippen molar-refractivity contribution >= 4 is 26.9 Å². The van der Waals surface area contributed by atoms with Gasteiger partial charge < -0.3 is 10.3 Å². The molecule has 0 radical (unpaired) electrons. The molecule has 2 aromatic rings. The first-order valence-electron chi connectivity index (χ1n) is 9.22. The lowest BCUT2D eigenvalue weighted by atomic mass is 9.92. The molecule has 148 valence electrons. The number of hydrogen-bond donors (Lipinski definition) is 1. The minimum Gasteiger partial charge on any atom is -0.368 e. The molecule has 2 aromatic heterocycles. The number of rotatable bonds is 6. The summed E-state index contributed by atoms with van der Waals surface area (Å²) in [5.41, 5.74) is 6.58. The highest BCUT2D eigenvalue weighted by atomic mass is 32.2. The van der Waals surface area contributed by atoms with Crippen molar-refractivity contribution in [3.63, 3.8) is 0 Å². The van der Waals surface area contributed by atoms with E-state index < -0.39 is 20.5 Å². The SMILES string of the molecule is CC(C)(C)Cc1nc2cc(S(=O)(=O)C(C)(C)C(N)=O)cnc2n1CC1CC1. The Morgan fingerprint density at radius 1 is 1.26 bits per heavy atom. The molecule has 0 bridgehead atoms. The fourth-order valence-corrected chi connectivity index (χ4v) is 4.29. The summed E-state index contributed by atoms with van der Waals surface area (Å²) >= 11 is 0. The molecule has 27 heavy (non-hydrogen) atoms. The van der Waals surface area contributed by atoms with Crippen molar-refractivity contribution in [1.82, 2.24) is 14.5 Å². The largest absolute Gasteiger partial charge is 0.368 e. The van der Waals surface area contributed by atoms with E-state index in [0.29, 0.717) is 17.1 Å². The molecule has 1 saturated carbocycles. The van der Waals surface area contributed by atoms with E-state index in [9.17, 15) is 13.2 Å². The fraction of sp³-hybridized carbons (Fsp3) is 0.632. The summed E-state index contributed by atoms with van der Waals surface area (Å²) in [4.78, 5) is 20.7. The Labute approximate surface area is 160 Å². The number of carbonyl (C=O) groups is 1. The van der Waals surface area contributed by atoms with Crippen LogP contribution in [0.2, 0.25) is 0 Å². The van der Waals surface area contributed by atoms with Gasteiger partial charge >= 0.3 is 0 Å². The second kappa shape index (κ2) is 6.29. The molecule has 8 heteroatoms.